The van der Waals surface area contributed by atoms with E-state index in [2.05, 4.69) is 11.1 Å². The number of hydrogen-bond donors (Lipinski definition) is 0. The van der Waals surface area contributed by atoms with Crippen LogP contribution in [0.5, 0.6) is 0 Å². The molecule has 0 amide bonds. The maximum atomic E-state index is 10.3. The quantitative estimate of drug-likeness (QED) is 0.115. The number of rotatable bonds is 18. The van der Waals surface area contributed by atoms with Crippen molar-refractivity contribution < 1.29 is 46.7 Å². The van der Waals surface area contributed by atoms with Gasteiger partial charge in [-0.1, -0.05) is 108 Å². The Morgan fingerprint density at radius 2 is 1.08 bits per heavy atom. The zero-order valence-electron chi connectivity index (χ0n) is 16.3. The van der Waals surface area contributed by atoms with E-state index in [1.807, 2.05) is 0 Å². The van der Waals surface area contributed by atoms with Gasteiger partial charge in [0.2, 0.25) is 10.4 Å². The predicted octanol–water partition coefficient (Wildman–Crippen LogP) is 3.29. The maximum Gasteiger partial charge on any atom is 1.00 e. The van der Waals surface area contributed by atoms with Gasteiger partial charge in [0.05, 0.1) is 0 Å². The Balaban J connectivity index is 0. The first-order chi connectivity index (χ1) is 11.5. The van der Waals surface area contributed by atoms with Crippen molar-refractivity contribution in [2.45, 2.75) is 115 Å². The molecule has 0 bridgehead atoms. The van der Waals surface area contributed by atoms with Gasteiger partial charge in [0.1, 0.15) is 5.56 Å². The van der Waals surface area contributed by atoms with Crippen molar-refractivity contribution in [1.82, 2.24) is 0 Å². The van der Waals surface area contributed by atoms with Crippen LogP contribution >= 0.6 is 11.6 Å². The molecule has 0 saturated heterocycles. The first-order valence-electron chi connectivity index (χ1n) is 9.74. The van der Waals surface area contributed by atoms with Crippen LogP contribution < -0.4 is 29.6 Å². The van der Waals surface area contributed by atoms with E-state index in [1.54, 1.807) is 0 Å². The second-order valence-electron chi connectivity index (χ2n) is 6.65. The fourth-order valence-electron chi connectivity index (χ4n) is 2.85. The average molecular weight is 407 g/mol. The summed E-state index contributed by atoms with van der Waals surface area (Å²) in [4.78, 5) is 0. The van der Waals surface area contributed by atoms with Crippen molar-refractivity contribution in [3.63, 3.8) is 0 Å². The van der Waals surface area contributed by atoms with Gasteiger partial charge < -0.3 is 4.55 Å². The minimum atomic E-state index is -4.68. The third-order valence-corrected chi connectivity index (χ3v) is 5.14. The molecule has 0 N–H and O–H groups in total. The molecule has 0 aromatic heterocycles. The van der Waals surface area contributed by atoms with Crippen molar-refractivity contribution in [2.75, 3.05) is 0 Å². The summed E-state index contributed by atoms with van der Waals surface area (Å²) in [5, 5.41) is 0. The third-order valence-electron chi connectivity index (χ3n) is 4.26. The topological polar surface area (TPSA) is 66.4 Å². The Morgan fingerprint density at radius 1 is 0.760 bits per heavy atom. The normalized spacial score (nSPS) is 12.8. The van der Waals surface area contributed by atoms with Crippen molar-refractivity contribution >= 4 is 22.0 Å². The molecule has 146 valence electrons. The van der Waals surface area contributed by atoms with Crippen LogP contribution in [-0.4, -0.2) is 18.5 Å². The van der Waals surface area contributed by atoms with Crippen molar-refractivity contribution in [3.8, 4) is 0 Å². The van der Waals surface area contributed by atoms with E-state index in [-0.39, 0.29) is 29.6 Å². The van der Waals surface area contributed by atoms with Crippen LogP contribution in [0.15, 0.2) is 0 Å². The largest absolute Gasteiger partial charge is 1.00 e. The van der Waals surface area contributed by atoms with E-state index >= 15 is 0 Å². The molecule has 0 saturated carbocycles. The molecule has 0 rings (SSSR count). The molecule has 0 fully saturated rings. The summed E-state index contributed by atoms with van der Waals surface area (Å²) in [6, 6.07) is 0. The van der Waals surface area contributed by atoms with Crippen LogP contribution in [0, 0.1) is 0 Å². The summed E-state index contributed by atoms with van der Waals surface area (Å²) >= 11 is 5.62. The third kappa shape index (κ3) is 25.2. The molecule has 1 atom stereocenters. The number of halogens is 1. The molecule has 0 aliphatic rings. The molecule has 1 unspecified atom stereocenters. The van der Waals surface area contributed by atoms with Gasteiger partial charge in [0.15, 0.2) is 0 Å². The van der Waals surface area contributed by atoms with Crippen LogP contribution in [0.2, 0.25) is 0 Å². The monoisotopic (exact) mass is 406 g/mol. The smallest absolute Gasteiger partial charge is 0.725 e. The maximum absolute atomic E-state index is 10.3. The molecule has 0 heterocycles. The molecule has 7 heteroatoms. The first-order valence-corrected chi connectivity index (χ1v) is 11.5. The van der Waals surface area contributed by atoms with Crippen LogP contribution in [0.25, 0.3) is 0 Å². The van der Waals surface area contributed by atoms with Gasteiger partial charge in [0.25, 0.3) is 0 Å². The summed E-state index contributed by atoms with van der Waals surface area (Å²) in [5.41, 5.74) is -1.02. The van der Waals surface area contributed by atoms with Gasteiger partial charge in [-0.15, -0.1) is 0 Å². The Labute approximate surface area is 183 Å². The Kier molecular flexibility index (Phi) is 22.6. The SMILES string of the molecule is CCCCCCCCCCCCCCCCCC(Cl)OS(=O)(=O)[O-].[Na+]. The average Bonchev–Trinajstić information content (AvgIpc) is 2.49. The summed E-state index contributed by atoms with van der Waals surface area (Å²) in [5.74, 6) is 0. The van der Waals surface area contributed by atoms with Crippen LogP contribution in [0.3, 0.4) is 0 Å². The summed E-state index contributed by atoms with van der Waals surface area (Å²) < 4.78 is 35.2. The first kappa shape index (κ1) is 28.4. The Morgan fingerprint density at radius 3 is 1.40 bits per heavy atom. The molecule has 0 aliphatic carbocycles. The van der Waals surface area contributed by atoms with Crippen LogP contribution in [0.1, 0.15) is 110 Å². The van der Waals surface area contributed by atoms with E-state index in [1.165, 1.54) is 77.0 Å². The number of unbranched alkanes of at least 4 members (excludes halogenated alkanes) is 14. The molecular formula is C18H36ClNaO4S. The summed E-state index contributed by atoms with van der Waals surface area (Å²) in [6.07, 6.45) is 19.5. The standard InChI is InChI=1S/C18H37ClO4S.Na/c1-2-3-4-5-6-7-8-9-10-11-12-13-14-15-16-17-18(19)23-24(20,21)22;/h18H,2-17H2,1H3,(H,20,21,22);/q;+1/p-1. The Hall–Kier alpha value is 1.16. The molecule has 0 aliphatic heterocycles. The molecule has 0 aromatic carbocycles. The second kappa shape index (κ2) is 19.9. The Bertz CT molecular complexity index is 366. The van der Waals surface area contributed by atoms with E-state index in [9.17, 15) is 13.0 Å². The summed E-state index contributed by atoms with van der Waals surface area (Å²) in [6.45, 7) is 2.25. The zero-order valence-corrected chi connectivity index (χ0v) is 19.9. The van der Waals surface area contributed by atoms with Crippen LogP contribution in [0.4, 0.5) is 0 Å². The van der Waals surface area contributed by atoms with Crippen molar-refractivity contribution in [1.29, 1.82) is 0 Å². The van der Waals surface area contributed by atoms with E-state index in [0.29, 0.717) is 6.42 Å². The fraction of sp³-hybridized carbons (Fsp3) is 1.00. The molecule has 0 radical (unpaired) electrons. The van der Waals surface area contributed by atoms with Gasteiger partial charge in [0, 0.05) is 0 Å². The van der Waals surface area contributed by atoms with Crippen molar-refractivity contribution in [2.24, 2.45) is 0 Å². The minimum absolute atomic E-state index is 0. The molecular weight excluding hydrogens is 371 g/mol. The summed E-state index contributed by atoms with van der Waals surface area (Å²) in [7, 11) is -4.68. The van der Waals surface area contributed by atoms with Gasteiger partial charge in [-0.3, -0.25) is 4.18 Å². The van der Waals surface area contributed by atoms with E-state index in [0.717, 1.165) is 19.3 Å². The van der Waals surface area contributed by atoms with E-state index in [4.69, 9.17) is 11.6 Å². The van der Waals surface area contributed by atoms with Gasteiger partial charge in [-0.05, 0) is 12.8 Å². The van der Waals surface area contributed by atoms with E-state index < -0.39 is 16.0 Å². The predicted molar refractivity (Wildman–Crippen MR) is 100.0 cm³/mol. The zero-order chi connectivity index (χ0) is 18.1. The minimum Gasteiger partial charge on any atom is -0.725 e. The molecule has 0 aromatic rings. The van der Waals surface area contributed by atoms with Crippen LogP contribution in [-0.2, 0) is 14.6 Å². The van der Waals surface area contributed by atoms with Gasteiger partial charge >= 0.3 is 29.6 Å². The van der Waals surface area contributed by atoms with Gasteiger partial charge in [-0.25, -0.2) is 8.42 Å². The van der Waals surface area contributed by atoms with Crippen molar-refractivity contribution in [3.05, 3.63) is 0 Å². The fourth-order valence-corrected chi connectivity index (χ4v) is 3.63. The molecule has 4 nitrogen and oxygen atoms in total. The number of alkyl halides is 1. The second-order valence-corrected chi connectivity index (χ2v) is 8.15. The molecule has 0 spiro atoms. The molecule has 25 heavy (non-hydrogen) atoms. The van der Waals surface area contributed by atoms with Gasteiger partial charge in [-0.2, -0.15) is 0 Å². The number of hydrogen-bond acceptors (Lipinski definition) is 4.